The number of rotatable bonds is 5. The number of fused-ring (bicyclic) bond motifs is 1. The number of piperidine rings is 1. The molecule has 0 aliphatic carbocycles. The van der Waals surface area contributed by atoms with Crippen LogP contribution in [0.15, 0.2) is 45.2 Å². The van der Waals surface area contributed by atoms with Crippen LogP contribution < -0.4 is 0 Å². The first-order chi connectivity index (χ1) is 14.0. The van der Waals surface area contributed by atoms with Gasteiger partial charge in [0.25, 0.3) is 5.91 Å². The zero-order valence-corrected chi connectivity index (χ0v) is 18.6. The van der Waals surface area contributed by atoms with Crippen LogP contribution >= 0.6 is 22.6 Å². The van der Waals surface area contributed by atoms with Crippen molar-refractivity contribution in [1.82, 2.24) is 15.0 Å². The van der Waals surface area contributed by atoms with E-state index in [1.807, 2.05) is 25.1 Å². The minimum absolute atomic E-state index is 0.205. The summed E-state index contributed by atoms with van der Waals surface area (Å²) >= 11 is 2.09. The number of carbonyl (C=O) groups is 1. The van der Waals surface area contributed by atoms with E-state index in [9.17, 15) is 9.90 Å². The van der Waals surface area contributed by atoms with Crippen molar-refractivity contribution in [3.63, 3.8) is 0 Å². The lowest BCUT2D eigenvalue weighted by molar-refractivity contribution is -0.131. The number of aliphatic hydroxyl groups excluding tert-OH is 1. The van der Waals surface area contributed by atoms with Gasteiger partial charge in [-0.15, -0.1) is 0 Å². The fourth-order valence-corrected chi connectivity index (χ4v) is 4.43. The second-order valence-electron chi connectivity index (χ2n) is 7.63. The van der Waals surface area contributed by atoms with Crippen LogP contribution in [0.25, 0.3) is 11.0 Å². The molecule has 0 saturated carbocycles. The maximum Gasteiger partial charge on any atom is 0.290 e. The summed E-state index contributed by atoms with van der Waals surface area (Å²) in [5.41, 5.74) is 2.42. The number of aromatic nitrogens is 1. The number of para-hydroxylation sites is 1. The molecule has 0 unspecified atom stereocenters. The normalized spacial score (nSPS) is 20.1. The van der Waals surface area contributed by atoms with Gasteiger partial charge in [0, 0.05) is 37.4 Å². The maximum absolute atomic E-state index is 12.4. The number of benzene rings is 1. The number of aliphatic hydroxyl groups is 1. The van der Waals surface area contributed by atoms with Crippen LogP contribution in [0.3, 0.4) is 0 Å². The van der Waals surface area contributed by atoms with Gasteiger partial charge in [0.05, 0.1) is 15.1 Å². The molecule has 7 nitrogen and oxygen atoms in total. The molecule has 1 saturated heterocycles. The number of amides is 1. The van der Waals surface area contributed by atoms with E-state index in [0.717, 1.165) is 52.9 Å². The molecular formula is C21H25IN4O3. The predicted octanol–water partition coefficient (Wildman–Crippen LogP) is 3.86. The molecule has 0 radical (unpaired) electrons. The number of halogens is 1. The van der Waals surface area contributed by atoms with Crippen molar-refractivity contribution in [3.05, 3.63) is 41.4 Å². The van der Waals surface area contributed by atoms with Gasteiger partial charge in [0.2, 0.25) is 5.76 Å². The van der Waals surface area contributed by atoms with Crippen LogP contribution in [0.2, 0.25) is 0 Å². The molecule has 2 aliphatic rings. The molecule has 0 atom stereocenters. The van der Waals surface area contributed by atoms with E-state index in [0.29, 0.717) is 31.1 Å². The lowest BCUT2D eigenvalue weighted by Gasteiger charge is -2.34. The molecule has 1 aromatic heterocycles. The van der Waals surface area contributed by atoms with Gasteiger partial charge in [-0.05, 0) is 67.6 Å². The molecule has 1 fully saturated rings. The van der Waals surface area contributed by atoms with Crippen LogP contribution in [0.1, 0.15) is 37.8 Å². The fraction of sp³-hybridized carbons (Fsp3) is 0.476. The Bertz CT molecular complexity index is 956. The van der Waals surface area contributed by atoms with Gasteiger partial charge in [-0.25, -0.2) is 4.99 Å². The van der Waals surface area contributed by atoms with Crippen LogP contribution in [0, 0.1) is 0 Å². The van der Waals surface area contributed by atoms with Gasteiger partial charge >= 0.3 is 0 Å². The van der Waals surface area contributed by atoms with Crippen molar-refractivity contribution in [2.45, 2.75) is 32.1 Å². The SMILES string of the molecule is CC(I)=NC1=C(O)C(=O)N(CCN2CCC(c3noc4ccccc34)CC2)CC1. The van der Waals surface area contributed by atoms with Gasteiger partial charge in [-0.1, -0.05) is 17.3 Å². The Labute approximate surface area is 183 Å². The van der Waals surface area contributed by atoms with E-state index in [4.69, 9.17) is 4.52 Å². The third-order valence-electron chi connectivity index (χ3n) is 5.74. The molecule has 4 rings (SSSR count). The summed E-state index contributed by atoms with van der Waals surface area (Å²) < 4.78 is 6.28. The first-order valence-corrected chi connectivity index (χ1v) is 11.1. The molecule has 29 heavy (non-hydrogen) atoms. The molecule has 8 heteroatoms. The smallest absolute Gasteiger partial charge is 0.290 e. The van der Waals surface area contributed by atoms with Gasteiger partial charge in [-0.3, -0.25) is 4.79 Å². The van der Waals surface area contributed by atoms with Crippen molar-refractivity contribution in [2.75, 3.05) is 32.7 Å². The zero-order chi connectivity index (χ0) is 20.4. The number of aliphatic imine (C=N–C) groups is 1. The van der Waals surface area contributed by atoms with Crippen LogP contribution in [-0.2, 0) is 4.79 Å². The standard InChI is InChI=1S/C21H25IN4O3/c1-14(22)23-17-8-11-26(21(28)20(17)27)13-12-25-9-6-15(7-10-25)19-16-4-2-3-5-18(16)29-24-19/h2-5,15,27H,6-13H2,1H3. The van der Waals surface area contributed by atoms with E-state index >= 15 is 0 Å². The Morgan fingerprint density at radius 2 is 2.03 bits per heavy atom. The quantitative estimate of drug-likeness (QED) is 0.490. The van der Waals surface area contributed by atoms with Crippen LogP contribution in [-0.4, -0.2) is 62.4 Å². The van der Waals surface area contributed by atoms with Gasteiger partial charge in [-0.2, -0.15) is 0 Å². The highest BCUT2D eigenvalue weighted by Gasteiger charge is 2.29. The monoisotopic (exact) mass is 508 g/mol. The minimum atomic E-state index is -0.309. The van der Waals surface area contributed by atoms with Crippen molar-refractivity contribution in [1.29, 1.82) is 0 Å². The van der Waals surface area contributed by atoms with E-state index in [1.165, 1.54) is 0 Å². The third kappa shape index (κ3) is 4.48. The van der Waals surface area contributed by atoms with Crippen molar-refractivity contribution in [2.24, 2.45) is 4.99 Å². The Hall–Kier alpha value is -1.94. The molecule has 0 bridgehead atoms. The van der Waals surface area contributed by atoms with Crippen molar-refractivity contribution < 1.29 is 14.4 Å². The highest BCUT2D eigenvalue weighted by atomic mass is 127. The number of nitrogens with zero attached hydrogens (tertiary/aromatic N) is 4. The van der Waals surface area contributed by atoms with E-state index in [2.05, 4.69) is 43.7 Å². The Kier molecular flexibility index (Phi) is 6.19. The highest BCUT2D eigenvalue weighted by Crippen LogP contribution is 2.32. The molecule has 3 heterocycles. The molecule has 1 N–H and O–H groups in total. The summed E-state index contributed by atoms with van der Waals surface area (Å²) in [7, 11) is 0. The Balaban J connectivity index is 1.30. The summed E-state index contributed by atoms with van der Waals surface area (Å²) in [6.45, 7) is 5.84. The summed E-state index contributed by atoms with van der Waals surface area (Å²) in [5.74, 6) is -0.101. The lowest BCUT2D eigenvalue weighted by atomic mass is 9.91. The van der Waals surface area contributed by atoms with Crippen molar-refractivity contribution in [3.8, 4) is 0 Å². The second-order valence-corrected chi connectivity index (χ2v) is 9.19. The first-order valence-electron chi connectivity index (χ1n) is 10.0. The summed E-state index contributed by atoms with van der Waals surface area (Å²) in [6.07, 6.45) is 2.66. The molecular weight excluding hydrogens is 483 g/mol. The molecule has 0 spiro atoms. The summed E-state index contributed by atoms with van der Waals surface area (Å²) in [4.78, 5) is 20.8. The minimum Gasteiger partial charge on any atom is -0.502 e. The zero-order valence-electron chi connectivity index (χ0n) is 16.5. The topological polar surface area (TPSA) is 82.2 Å². The van der Waals surface area contributed by atoms with Gasteiger partial charge in [0.15, 0.2) is 5.58 Å². The maximum atomic E-state index is 12.4. The Morgan fingerprint density at radius 3 is 2.79 bits per heavy atom. The number of hydrogen-bond acceptors (Lipinski definition) is 6. The molecule has 1 aromatic carbocycles. The number of likely N-dealkylation sites (tertiary alicyclic amines) is 1. The first kappa shape index (κ1) is 20.3. The summed E-state index contributed by atoms with van der Waals surface area (Å²) in [6, 6.07) is 8.02. The lowest BCUT2D eigenvalue weighted by Crippen LogP contribution is -2.44. The largest absolute Gasteiger partial charge is 0.502 e. The average Bonchev–Trinajstić information content (AvgIpc) is 3.15. The Morgan fingerprint density at radius 1 is 1.28 bits per heavy atom. The van der Waals surface area contributed by atoms with Crippen LogP contribution in [0.5, 0.6) is 0 Å². The van der Waals surface area contributed by atoms with Gasteiger partial charge in [0.1, 0.15) is 0 Å². The molecule has 154 valence electrons. The summed E-state index contributed by atoms with van der Waals surface area (Å²) in [5, 5.41) is 15.6. The van der Waals surface area contributed by atoms with E-state index in [1.54, 1.807) is 4.90 Å². The predicted molar refractivity (Wildman–Crippen MR) is 120 cm³/mol. The van der Waals surface area contributed by atoms with E-state index in [-0.39, 0.29) is 11.7 Å². The number of hydrogen-bond donors (Lipinski definition) is 1. The van der Waals surface area contributed by atoms with Crippen molar-refractivity contribution >= 4 is 43.2 Å². The van der Waals surface area contributed by atoms with E-state index < -0.39 is 0 Å². The fourth-order valence-electron chi connectivity index (χ4n) is 4.13. The van der Waals surface area contributed by atoms with Crippen LogP contribution in [0.4, 0.5) is 0 Å². The molecule has 2 aliphatic heterocycles. The second kappa shape index (κ2) is 8.83. The average molecular weight is 508 g/mol. The number of carbonyl (C=O) groups excluding carboxylic acids is 1. The highest BCUT2D eigenvalue weighted by molar-refractivity contribution is 14.1. The third-order valence-corrected chi connectivity index (χ3v) is 5.98. The molecule has 2 aromatic rings. The van der Waals surface area contributed by atoms with Gasteiger partial charge < -0.3 is 19.4 Å². The molecule has 1 amide bonds.